The maximum Gasteiger partial charge on any atom is 0.0661 e. The van der Waals surface area contributed by atoms with E-state index in [1.807, 2.05) is 0 Å². The summed E-state index contributed by atoms with van der Waals surface area (Å²) in [5, 5.41) is 43.2. The Labute approximate surface area is 206 Å². The molecule has 5 aliphatic carbocycles. The van der Waals surface area contributed by atoms with Crippen molar-refractivity contribution in [1.82, 2.24) is 0 Å². The molecule has 0 unspecified atom stereocenters. The van der Waals surface area contributed by atoms with Crippen LogP contribution in [-0.4, -0.2) is 45.8 Å². The van der Waals surface area contributed by atoms with Gasteiger partial charge in [0.1, 0.15) is 0 Å². The van der Waals surface area contributed by atoms with Crippen LogP contribution in [0.5, 0.6) is 0 Å². The van der Waals surface area contributed by atoms with Gasteiger partial charge in [-0.15, -0.1) is 0 Å². The lowest BCUT2D eigenvalue weighted by molar-refractivity contribution is -0.199. The molecule has 9 atom stereocenters. The van der Waals surface area contributed by atoms with E-state index in [1.54, 1.807) is 0 Å². The van der Waals surface area contributed by atoms with Crippen molar-refractivity contribution in [2.75, 3.05) is 13.2 Å². The number of hydrogen-bond acceptors (Lipinski definition) is 4. The Morgan fingerprint density at radius 2 is 1.56 bits per heavy atom. The largest absolute Gasteiger partial charge is 0.396 e. The zero-order valence-electron chi connectivity index (χ0n) is 22.3. The molecule has 0 aromatic carbocycles. The lowest BCUT2D eigenvalue weighted by Crippen LogP contribution is -2.64. The Bertz CT molecular complexity index is 921. The topological polar surface area (TPSA) is 80.9 Å². The van der Waals surface area contributed by atoms with Crippen LogP contribution in [0.25, 0.3) is 0 Å². The summed E-state index contributed by atoms with van der Waals surface area (Å²) < 4.78 is 0. The molecular formula is C30H48O4. The SMILES string of the molecule is CC1(C)CC2=C3C=C[C@@H]4[C@@]5(C)CC[C@H](O)[C@@](C)(CO)[C@@H]5CC[C@@]4(C)[C@]3(C)CC[C@@]2(CO)[C@H](O)C1. The quantitative estimate of drug-likeness (QED) is 0.456. The first-order valence-corrected chi connectivity index (χ1v) is 13.7. The number of rotatable bonds is 2. The summed E-state index contributed by atoms with van der Waals surface area (Å²) in [6.45, 7) is 14.1. The fourth-order valence-corrected chi connectivity index (χ4v) is 10.2. The van der Waals surface area contributed by atoms with Gasteiger partial charge < -0.3 is 20.4 Å². The lowest BCUT2D eigenvalue weighted by Gasteiger charge is -2.69. The summed E-state index contributed by atoms with van der Waals surface area (Å²) in [4.78, 5) is 0. The first-order valence-electron chi connectivity index (χ1n) is 13.7. The predicted octanol–water partition coefficient (Wildman–Crippen LogP) is 5.00. The highest BCUT2D eigenvalue weighted by molar-refractivity contribution is 5.46. The molecule has 4 nitrogen and oxygen atoms in total. The van der Waals surface area contributed by atoms with E-state index in [0.29, 0.717) is 11.8 Å². The monoisotopic (exact) mass is 472 g/mol. The van der Waals surface area contributed by atoms with Crippen molar-refractivity contribution in [2.24, 2.45) is 44.3 Å². The van der Waals surface area contributed by atoms with E-state index >= 15 is 0 Å². The van der Waals surface area contributed by atoms with Crippen LogP contribution in [0, 0.1) is 44.3 Å². The highest BCUT2D eigenvalue weighted by atomic mass is 16.3. The van der Waals surface area contributed by atoms with Gasteiger partial charge in [0.2, 0.25) is 0 Å². The van der Waals surface area contributed by atoms with Gasteiger partial charge in [0.05, 0.1) is 25.4 Å². The van der Waals surface area contributed by atoms with Crippen LogP contribution in [0.2, 0.25) is 0 Å². The van der Waals surface area contributed by atoms with E-state index < -0.39 is 23.0 Å². The molecule has 0 heterocycles. The summed E-state index contributed by atoms with van der Waals surface area (Å²) in [5.41, 5.74) is 1.89. The van der Waals surface area contributed by atoms with Gasteiger partial charge in [0.15, 0.2) is 0 Å². The average molecular weight is 473 g/mol. The Morgan fingerprint density at radius 3 is 2.21 bits per heavy atom. The van der Waals surface area contributed by atoms with E-state index in [4.69, 9.17) is 0 Å². The normalized spacial score (nSPS) is 54.1. The fourth-order valence-electron chi connectivity index (χ4n) is 10.2. The molecule has 192 valence electrons. The maximum absolute atomic E-state index is 11.3. The lowest BCUT2D eigenvalue weighted by atomic mass is 9.35. The van der Waals surface area contributed by atoms with Gasteiger partial charge >= 0.3 is 0 Å². The van der Waals surface area contributed by atoms with Gasteiger partial charge in [-0.05, 0) is 90.4 Å². The summed E-state index contributed by atoms with van der Waals surface area (Å²) >= 11 is 0. The third-order valence-corrected chi connectivity index (χ3v) is 12.6. The summed E-state index contributed by atoms with van der Waals surface area (Å²) in [7, 11) is 0. The van der Waals surface area contributed by atoms with Crippen LogP contribution in [0.15, 0.2) is 23.3 Å². The zero-order valence-corrected chi connectivity index (χ0v) is 22.3. The van der Waals surface area contributed by atoms with Crippen molar-refractivity contribution in [3.63, 3.8) is 0 Å². The molecule has 0 spiro atoms. The van der Waals surface area contributed by atoms with Crippen molar-refractivity contribution in [3.05, 3.63) is 23.3 Å². The molecule has 0 aromatic rings. The molecule has 34 heavy (non-hydrogen) atoms. The molecule has 5 rings (SSSR count). The molecule has 0 saturated heterocycles. The van der Waals surface area contributed by atoms with E-state index in [2.05, 4.69) is 53.7 Å². The number of hydrogen-bond donors (Lipinski definition) is 4. The third kappa shape index (κ3) is 2.86. The van der Waals surface area contributed by atoms with E-state index in [-0.39, 0.29) is 34.9 Å². The number of aliphatic hydroxyl groups is 4. The third-order valence-electron chi connectivity index (χ3n) is 12.6. The predicted molar refractivity (Wildman–Crippen MR) is 135 cm³/mol. The van der Waals surface area contributed by atoms with E-state index in [9.17, 15) is 20.4 Å². The second-order valence-corrected chi connectivity index (χ2v) is 14.7. The standard InChI is InChI=1S/C30H48O4/c1-25(2)15-20-19-7-8-22-26(3)11-10-23(33)27(4,17-31)21(26)9-12-29(22,6)28(19,5)13-14-30(20,18-32)24(34)16-25/h7-8,21-24,31-34H,9-18H2,1-6H3/t21-,22-,23+,24-,26+,27+,28-,29-,30+/m1/s1. The van der Waals surface area contributed by atoms with Gasteiger partial charge in [0.25, 0.3) is 0 Å². The van der Waals surface area contributed by atoms with Gasteiger partial charge in [-0.1, -0.05) is 59.3 Å². The molecule has 5 aliphatic rings. The molecule has 3 saturated carbocycles. The van der Waals surface area contributed by atoms with E-state index in [1.165, 1.54) is 11.1 Å². The van der Waals surface area contributed by atoms with Gasteiger partial charge in [-0.25, -0.2) is 0 Å². The summed E-state index contributed by atoms with van der Waals surface area (Å²) in [5.74, 6) is 0.680. The Hall–Kier alpha value is -0.680. The average Bonchev–Trinajstić information content (AvgIpc) is 2.76. The first-order chi connectivity index (χ1) is 15.7. The smallest absolute Gasteiger partial charge is 0.0661 e. The molecular weight excluding hydrogens is 424 g/mol. The number of fused-ring (bicyclic) bond motifs is 6. The highest BCUT2D eigenvalue weighted by Gasteiger charge is 2.67. The Balaban J connectivity index is 1.67. The van der Waals surface area contributed by atoms with E-state index in [0.717, 1.165) is 51.4 Å². The minimum absolute atomic E-state index is 0.00673. The summed E-state index contributed by atoms with van der Waals surface area (Å²) in [6, 6.07) is 0. The maximum atomic E-state index is 11.3. The Morgan fingerprint density at radius 1 is 0.853 bits per heavy atom. The van der Waals surface area contributed by atoms with Crippen LogP contribution >= 0.6 is 0 Å². The van der Waals surface area contributed by atoms with Crippen molar-refractivity contribution < 1.29 is 20.4 Å². The van der Waals surface area contributed by atoms with Crippen LogP contribution in [0.4, 0.5) is 0 Å². The first kappa shape index (κ1) is 25.0. The molecule has 4 N–H and O–H groups in total. The van der Waals surface area contributed by atoms with Gasteiger partial charge in [-0.2, -0.15) is 0 Å². The molecule has 4 heteroatoms. The molecule has 3 fully saturated rings. The van der Waals surface area contributed by atoms with Crippen LogP contribution in [0.1, 0.15) is 92.9 Å². The number of allylic oxidation sites excluding steroid dienone is 3. The molecule has 0 amide bonds. The summed E-state index contributed by atoms with van der Waals surface area (Å²) in [6.07, 6.45) is 11.3. The van der Waals surface area contributed by atoms with Crippen molar-refractivity contribution in [3.8, 4) is 0 Å². The minimum atomic E-state index is -0.497. The molecule has 0 aromatic heterocycles. The van der Waals surface area contributed by atoms with Crippen molar-refractivity contribution >= 4 is 0 Å². The molecule has 0 aliphatic heterocycles. The second-order valence-electron chi connectivity index (χ2n) is 14.7. The molecule has 0 radical (unpaired) electrons. The van der Waals surface area contributed by atoms with Gasteiger partial charge in [-0.3, -0.25) is 0 Å². The number of aliphatic hydroxyl groups excluding tert-OH is 4. The zero-order chi connectivity index (χ0) is 24.9. The highest BCUT2D eigenvalue weighted by Crippen LogP contribution is 2.74. The van der Waals surface area contributed by atoms with Crippen molar-refractivity contribution in [1.29, 1.82) is 0 Å². The molecule has 0 bridgehead atoms. The van der Waals surface area contributed by atoms with Crippen LogP contribution in [0.3, 0.4) is 0 Å². The minimum Gasteiger partial charge on any atom is -0.396 e. The Kier molecular flexibility index (Phi) is 5.46. The van der Waals surface area contributed by atoms with Crippen LogP contribution < -0.4 is 0 Å². The second kappa shape index (κ2) is 7.43. The van der Waals surface area contributed by atoms with Crippen LogP contribution in [-0.2, 0) is 0 Å². The fraction of sp³-hybridized carbons (Fsp3) is 0.867. The van der Waals surface area contributed by atoms with Gasteiger partial charge in [0, 0.05) is 10.8 Å². The van der Waals surface area contributed by atoms with Crippen molar-refractivity contribution in [2.45, 2.75) is 105 Å².